The van der Waals surface area contributed by atoms with Gasteiger partial charge in [-0.2, -0.15) is 0 Å². The van der Waals surface area contributed by atoms with Crippen LogP contribution in [0.2, 0.25) is 0 Å². The molecule has 1 N–H and O–H groups in total. The number of ether oxygens (including phenoxy) is 1. The predicted molar refractivity (Wildman–Crippen MR) is 42.0 cm³/mol. The fraction of sp³-hybridized carbons (Fsp3) is 0.875. The first kappa shape index (κ1) is 8.53. The molecule has 0 saturated carbocycles. The van der Waals surface area contributed by atoms with E-state index in [1.54, 1.807) is 0 Å². The van der Waals surface area contributed by atoms with E-state index in [0.29, 0.717) is 13.0 Å². The number of rotatable bonds is 2. The van der Waals surface area contributed by atoms with Crippen LogP contribution in [0.5, 0.6) is 0 Å². The van der Waals surface area contributed by atoms with Crippen molar-refractivity contribution in [3.63, 3.8) is 0 Å². The van der Waals surface area contributed by atoms with Crippen molar-refractivity contribution >= 4 is 5.91 Å². The topological polar surface area (TPSA) is 38.3 Å². The fourth-order valence-electron chi connectivity index (χ4n) is 0.778. The van der Waals surface area contributed by atoms with Gasteiger partial charge in [0.1, 0.15) is 6.23 Å². The Labute approximate surface area is 67.1 Å². The molecule has 1 aliphatic heterocycles. The van der Waals surface area contributed by atoms with E-state index in [9.17, 15) is 4.79 Å². The van der Waals surface area contributed by atoms with Crippen molar-refractivity contribution in [3.05, 3.63) is 0 Å². The maximum atomic E-state index is 10.4. The van der Waals surface area contributed by atoms with Crippen molar-refractivity contribution in [3.8, 4) is 0 Å². The van der Waals surface area contributed by atoms with Gasteiger partial charge in [-0.15, -0.1) is 0 Å². The van der Waals surface area contributed by atoms with Crippen LogP contribution in [0.4, 0.5) is 0 Å². The molecule has 0 aromatic carbocycles. The third-order valence-electron chi connectivity index (χ3n) is 1.41. The summed E-state index contributed by atoms with van der Waals surface area (Å²) >= 11 is 0. The van der Waals surface area contributed by atoms with Crippen LogP contribution in [0.25, 0.3) is 0 Å². The zero-order chi connectivity index (χ0) is 8.48. The lowest BCUT2D eigenvalue weighted by atomic mass is 9.98. The van der Waals surface area contributed by atoms with Crippen LogP contribution in [0, 0.1) is 5.41 Å². The maximum Gasteiger partial charge on any atom is 0.226 e. The van der Waals surface area contributed by atoms with Crippen molar-refractivity contribution in [1.82, 2.24) is 5.32 Å². The van der Waals surface area contributed by atoms with Gasteiger partial charge in [-0.25, -0.2) is 0 Å². The average molecular weight is 157 g/mol. The van der Waals surface area contributed by atoms with Gasteiger partial charge >= 0.3 is 0 Å². The standard InChI is InChI=1S/C8H15NO2/c1-8(2,3)5-11-7-4-6(10)9-7/h7H,4-5H2,1-3H3,(H,9,10)/t7-/m0/s1. The minimum Gasteiger partial charge on any atom is -0.357 e. The summed E-state index contributed by atoms with van der Waals surface area (Å²) in [6, 6.07) is 0. The molecule has 3 heteroatoms. The Bertz CT molecular complexity index is 152. The van der Waals surface area contributed by atoms with E-state index in [-0.39, 0.29) is 17.6 Å². The highest BCUT2D eigenvalue weighted by molar-refractivity contribution is 5.82. The number of hydrogen-bond acceptors (Lipinski definition) is 2. The summed E-state index contributed by atoms with van der Waals surface area (Å²) in [6.07, 6.45) is 0.498. The fourth-order valence-corrected chi connectivity index (χ4v) is 0.778. The van der Waals surface area contributed by atoms with Crippen LogP contribution >= 0.6 is 0 Å². The van der Waals surface area contributed by atoms with Crippen molar-refractivity contribution in [1.29, 1.82) is 0 Å². The van der Waals surface area contributed by atoms with Crippen molar-refractivity contribution in [2.24, 2.45) is 5.41 Å². The number of β-lactam (4-membered cyclic amide) rings is 1. The first-order chi connectivity index (χ1) is 4.97. The zero-order valence-electron chi connectivity index (χ0n) is 7.31. The van der Waals surface area contributed by atoms with Crippen molar-refractivity contribution in [2.75, 3.05) is 6.61 Å². The molecule has 1 fully saturated rings. The third-order valence-corrected chi connectivity index (χ3v) is 1.41. The Kier molecular flexibility index (Phi) is 2.18. The molecule has 1 amide bonds. The molecule has 1 aliphatic rings. The summed E-state index contributed by atoms with van der Waals surface area (Å²) in [6.45, 7) is 7.01. The lowest BCUT2D eigenvalue weighted by Crippen LogP contribution is -2.50. The van der Waals surface area contributed by atoms with E-state index >= 15 is 0 Å². The van der Waals surface area contributed by atoms with E-state index in [1.165, 1.54) is 0 Å². The molecular weight excluding hydrogens is 142 g/mol. The molecular formula is C8H15NO2. The predicted octanol–water partition coefficient (Wildman–Crippen LogP) is 0.895. The van der Waals surface area contributed by atoms with E-state index in [1.807, 2.05) is 0 Å². The van der Waals surface area contributed by atoms with Crippen LogP contribution in [-0.2, 0) is 9.53 Å². The van der Waals surface area contributed by atoms with Gasteiger partial charge in [0.2, 0.25) is 5.91 Å². The summed E-state index contributed by atoms with van der Waals surface area (Å²) in [5.74, 6) is 0.0870. The first-order valence-electron chi connectivity index (χ1n) is 3.88. The van der Waals surface area contributed by atoms with Gasteiger partial charge in [-0.3, -0.25) is 4.79 Å². The van der Waals surface area contributed by atoms with Crippen LogP contribution < -0.4 is 5.32 Å². The minimum atomic E-state index is -0.0262. The Morgan fingerprint density at radius 2 is 2.18 bits per heavy atom. The Balaban J connectivity index is 2.10. The molecule has 0 aliphatic carbocycles. The van der Waals surface area contributed by atoms with Gasteiger partial charge in [-0.05, 0) is 5.41 Å². The van der Waals surface area contributed by atoms with Crippen molar-refractivity contribution in [2.45, 2.75) is 33.4 Å². The zero-order valence-corrected chi connectivity index (χ0v) is 7.31. The summed E-state index contributed by atoms with van der Waals surface area (Å²) in [5, 5.41) is 2.65. The molecule has 64 valence electrons. The van der Waals surface area contributed by atoms with Gasteiger partial charge < -0.3 is 10.1 Å². The number of hydrogen-bond donors (Lipinski definition) is 1. The maximum absolute atomic E-state index is 10.4. The molecule has 11 heavy (non-hydrogen) atoms. The summed E-state index contributed by atoms with van der Waals surface area (Å²) in [4.78, 5) is 10.4. The number of carbonyl (C=O) groups excluding carboxylic acids is 1. The van der Waals surface area contributed by atoms with Gasteiger partial charge in [0, 0.05) is 0 Å². The quantitative estimate of drug-likeness (QED) is 0.605. The molecule has 0 radical (unpaired) electrons. The molecule has 1 rings (SSSR count). The Hall–Kier alpha value is -0.570. The minimum absolute atomic E-state index is 0.0262. The molecule has 0 aromatic heterocycles. The van der Waals surface area contributed by atoms with E-state index in [2.05, 4.69) is 26.1 Å². The van der Waals surface area contributed by atoms with E-state index < -0.39 is 0 Å². The van der Waals surface area contributed by atoms with Gasteiger partial charge in [0.05, 0.1) is 13.0 Å². The molecule has 0 unspecified atom stereocenters. The SMILES string of the molecule is CC(C)(C)CO[C@H]1CC(=O)N1. The molecule has 1 heterocycles. The average Bonchev–Trinajstić information content (AvgIpc) is 1.75. The number of carbonyl (C=O) groups is 1. The van der Waals surface area contributed by atoms with Crippen LogP contribution in [0.3, 0.4) is 0 Å². The van der Waals surface area contributed by atoms with Crippen LogP contribution in [0.15, 0.2) is 0 Å². The monoisotopic (exact) mass is 157 g/mol. The second kappa shape index (κ2) is 2.81. The molecule has 0 spiro atoms. The Morgan fingerprint density at radius 3 is 2.55 bits per heavy atom. The first-order valence-corrected chi connectivity index (χ1v) is 3.88. The van der Waals surface area contributed by atoms with Gasteiger partial charge in [0.25, 0.3) is 0 Å². The third kappa shape index (κ3) is 2.89. The second-order valence-electron chi connectivity index (χ2n) is 4.13. The highest BCUT2D eigenvalue weighted by atomic mass is 16.5. The molecule has 3 nitrogen and oxygen atoms in total. The van der Waals surface area contributed by atoms with E-state index in [0.717, 1.165) is 0 Å². The van der Waals surface area contributed by atoms with Crippen LogP contribution in [0.1, 0.15) is 27.2 Å². The summed E-state index contributed by atoms with van der Waals surface area (Å²) in [5.41, 5.74) is 0.181. The summed E-state index contributed by atoms with van der Waals surface area (Å²) in [7, 11) is 0. The molecule has 0 aromatic rings. The van der Waals surface area contributed by atoms with Gasteiger partial charge in [-0.1, -0.05) is 20.8 Å². The van der Waals surface area contributed by atoms with Crippen molar-refractivity contribution < 1.29 is 9.53 Å². The van der Waals surface area contributed by atoms with Crippen LogP contribution in [-0.4, -0.2) is 18.7 Å². The normalized spacial score (nSPS) is 24.3. The highest BCUT2D eigenvalue weighted by Gasteiger charge is 2.27. The lowest BCUT2D eigenvalue weighted by Gasteiger charge is -2.30. The molecule has 1 saturated heterocycles. The van der Waals surface area contributed by atoms with E-state index in [4.69, 9.17) is 4.74 Å². The number of amides is 1. The van der Waals surface area contributed by atoms with Gasteiger partial charge in [0.15, 0.2) is 0 Å². The summed E-state index contributed by atoms with van der Waals surface area (Å²) < 4.78 is 5.38. The highest BCUT2D eigenvalue weighted by Crippen LogP contribution is 2.16. The molecule has 0 bridgehead atoms. The smallest absolute Gasteiger partial charge is 0.226 e. The Morgan fingerprint density at radius 1 is 1.64 bits per heavy atom. The molecule has 1 atom stereocenters. The lowest BCUT2D eigenvalue weighted by molar-refractivity contribution is -0.143. The number of nitrogens with one attached hydrogen (secondary N) is 1. The largest absolute Gasteiger partial charge is 0.357 e. The second-order valence-corrected chi connectivity index (χ2v) is 4.13.